The van der Waals surface area contributed by atoms with Crippen LogP contribution in [0, 0.1) is 49.4 Å². The normalized spacial score (nSPS) is 4.44. The standard InChI is InChI=1S/4C4H6.FH.H3N/c4*1-3-4-2;;/h4*1H,4H2,2H3;1H;1H3. The summed E-state index contributed by atoms with van der Waals surface area (Å²) >= 11 is 0. The molecule has 0 heterocycles. The fourth-order valence-electron chi connectivity index (χ4n) is 0. The van der Waals surface area contributed by atoms with Crippen LogP contribution >= 0.6 is 0 Å². The first-order chi connectivity index (χ1) is 7.66. The lowest BCUT2D eigenvalue weighted by molar-refractivity contribution is 1.11. The van der Waals surface area contributed by atoms with Gasteiger partial charge in [0.25, 0.3) is 0 Å². The topological polar surface area (TPSA) is 35.0 Å². The minimum Gasteiger partial charge on any atom is -0.344 e. The van der Waals surface area contributed by atoms with Crippen LogP contribution in [0.3, 0.4) is 0 Å². The lowest BCUT2D eigenvalue weighted by Crippen LogP contribution is -1.38. The van der Waals surface area contributed by atoms with Gasteiger partial charge in [-0.05, 0) is 0 Å². The van der Waals surface area contributed by atoms with Crippen molar-refractivity contribution < 1.29 is 4.70 Å². The van der Waals surface area contributed by atoms with E-state index in [9.17, 15) is 0 Å². The molecule has 0 aliphatic heterocycles. The van der Waals surface area contributed by atoms with E-state index in [0.29, 0.717) is 0 Å². The van der Waals surface area contributed by atoms with E-state index in [0.717, 1.165) is 25.7 Å². The third-order valence-electron chi connectivity index (χ3n) is 0.816. The Hall–Kier alpha value is -1.87. The molecule has 1 nitrogen and oxygen atoms in total. The zero-order chi connectivity index (χ0) is 13.7. The smallest absolute Gasteiger partial charge is 0.00576 e. The van der Waals surface area contributed by atoms with Crippen molar-refractivity contribution in [3.8, 4) is 49.4 Å². The van der Waals surface area contributed by atoms with Crippen LogP contribution < -0.4 is 6.15 Å². The maximum absolute atomic E-state index is 4.78. The minimum atomic E-state index is 0. The summed E-state index contributed by atoms with van der Waals surface area (Å²) in [7, 11) is 0. The van der Waals surface area contributed by atoms with Gasteiger partial charge in [0, 0.05) is 25.7 Å². The third kappa shape index (κ3) is 537. The molecule has 0 aromatic rings. The summed E-state index contributed by atoms with van der Waals surface area (Å²) in [5, 5.41) is 0. The van der Waals surface area contributed by atoms with Crippen LogP contribution in [0.4, 0.5) is 4.70 Å². The molecule has 104 valence electrons. The highest BCUT2D eigenvalue weighted by molar-refractivity contribution is 4.81. The predicted molar refractivity (Wildman–Crippen MR) is 84.0 cm³/mol. The van der Waals surface area contributed by atoms with Crippen molar-refractivity contribution in [3.05, 3.63) is 0 Å². The van der Waals surface area contributed by atoms with Crippen molar-refractivity contribution in [1.82, 2.24) is 6.15 Å². The summed E-state index contributed by atoms with van der Waals surface area (Å²) in [6.07, 6.45) is 22.5. The average Bonchev–Trinajstić information content (AvgIpc) is 2.39. The molecule has 0 radical (unpaired) electrons. The Morgan fingerprint density at radius 1 is 0.556 bits per heavy atom. The Kier molecular flexibility index (Phi) is 161. The van der Waals surface area contributed by atoms with E-state index < -0.39 is 0 Å². The van der Waals surface area contributed by atoms with Crippen molar-refractivity contribution in [1.29, 1.82) is 0 Å². The molecular formula is C16H28FN. The molecule has 3 N–H and O–H groups in total. The van der Waals surface area contributed by atoms with Gasteiger partial charge in [0.05, 0.1) is 0 Å². The monoisotopic (exact) mass is 253 g/mol. The first-order valence-electron chi connectivity index (χ1n) is 5.40. The quantitative estimate of drug-likeness (QED) is 0.637. The molecule has 0 aliphatic carbocycles. The lowest BCUT2D eigenvalue weighted by atomic mass is 10.5. The zero-order valence-corrected chi connectivity index (χ0v) is 12.3. The van der Waals surface area contributed by atoms with E-state index in [4.69, 9.17) is 25.7 Å². The van der Waals surface area contributed by atoms with E-state index in [1.165, 1.54) is 0 Å². The third-order valence-corrected chi connectivity index (χ3v) is 0.816. The Morgan fingerprint density at radius 3 is 0.611 bits per heavy atom. The first-order valence-corrected chi connectivity index (χ1v) is 5.40. The molecular weight excluding hydrogens is 225 g/mol. The van der Waals surface area contributed by atoms with E-state index in [1.807, 2.05) is 27.7 Å². The first kappa shape index (κ1) is 36.0. The van der Waals surface area contributed by atoms with Crippen molar-refractivity contribution in [3.63, 3.8) is 0 Å². The summed E-state index contributed by atoms with van der Waals surface area (Å²) in [6.45, 7) is 7.78. The van der Waals surface area contributed by atoms with Gasteiger partial charge in [0.15, 0.2) is 0 Å². The van der Waals surface area contributed by atoms with Gasteiger partial charge in [0.1, 0.15) is 0 Å². The SMILES string of the molecule is C#CCC.C#CCC.C#CCC.C#CCC.F.N. The molecule has 0 aromatic heterocycles. The second-order valence-corrected chi connectivity index (χ2v) is 2.23. The fraction of sp³-hybridized carbons (Fsp3) is 0.500. The molecule has 0 saturated heterocycles. The van der Waals surface area contributed by atoms with Crippen LogP contribution in [0.15, 0.2) is 0 Å². The molecule has 0 saturated carbocycles. The van der Waals surface area contributed by atoms with Gasteiger partial charge in [-0.25, -0.2) is 0 Å². The second-order valence-electron chi connectivity index (χ2n) is 2.23. The molecule has 18 heavy (non-hydrogen) atoms. The van der Waals surface area contributed by atoms with Gasteiger partial charge in [0.2, 0.25) is 0 Å². The summed E-state index contributed by atoms with van der Waals surface area (Å²) in [5.74, 6) is 9.72. The van der Waals surface area contributed by atoms with Gasteiger partial charge < -0.3 is 6.15 Å². The Bertz CT molecular complexity index is 186. The zero-order valence-electron chi connectivity index (χ0n) is 12.3. The van der Waals surface area contributed by atoms with Crippen molar-refractivity contribution >= 4 is 0 Å². The summed E-state index contributed by atoms with van der Waals surface area (Å²) in [5.41, 5.74) is 0. The fourth-order valence-corrected chi connectivity index (χ4v) is 0. The van der Waals surface area contributed by atoms with Crippen molar-refractivity contribution in [2.24, 2.45) is 0 Å². The number of rotatable bonds is 0. The Morgan fingerprint density at radius 2 is 0.611 bits per heavy atom. The summed E-state index contributed by atoms with van der Waals surface area (Å²) < 4.78 is 0. The maximum Gasteiger partial charge on any atom is 0.00576 e. The van der Waals surface area contributed by atoms with Crippen molar-refractivity contribution in [2.45, 2.75) is 53.4 Å². The van der Waals surface area contributed by atoms with E-state index in [1.54, 1.807) is 0 Å². The molecule has 0 bridgehead atoms. The van der Waals surface area contributed by atoms with Crippen LogP contribution in [0.2, 0.25) is 0 Å². The van der Waals surface area contributed by atoms with Gasteiger partial charge >= 0.3 is 0 Å². The van der Waals surface area contributed by atoms with Crippen LogP contribution in [0.1, 0.15) is 53.4 Å². The largest absolute Gasteiger partial charge is 0.344 e. The second kappa shape index (κ2) is 80.4. The number of halogens is 1. The van der Waals surface area contributed by atoms with Crippen LogP contribution in [0.25, 0.3) is 0 Å². The molecule has 0 spiro atoms. The molecule has 0 aromatic carbocycles. The molecule has 2 heteroatoms. The van der Waals surface area contributed by atoms with E-state index in [2.05, 4.69) is 23.7 Å². The molecule has 0 aliphatic rings. The minimum absolute atomic E-state index is 0. The van der Waals surface area contributed by atoms with E-state index in [-0.39, 0.29) is 10.9 Å². The highest BCUT2D eigenvalue weighted by Crippen LogP contribution is 1.59. The number of hydrogen-bond donors (Lipinski definition) is 1. The highest BCUT2D eigenvalue weighted by atomic mass is 19.0. The van der Waals surface area contributed by atoms with Gasteiger partial charge in [-0.2, -0.15) is 0 Å². The van der Waals surface area contributed by atoms with E-state index >= 15 is 0 Å². The van der Waals surface area contributed by atoms with Crippen LogP contribution in [-0.4, -0.2) is 0 Å². The molecule has 0 rings (SSSR count). The van der Waals surface area contributed by atoms with Crippen molar-refractivity contribution in [2.75, 3.05) is 0 Å². The average molecular weight is 253 g/mol. The van der Waals surface area contributed by atoms with Crippen LogP contribution in [-0.2, 0) is 0 Å². The van der Waals surface area contributed by atoms with Gasteiger partial charge in [-0.15, -0.1) is 49.4 Å². The summed E-state index contributed by atoms with van der Waals surface area (Å²) in [6, 6.07) is 0. The molecule has 0 unspecified atom stereocenters. The van der Waals surface area contributed by atoms with Crippen LogP contribution in [0.5, 0.6) is 0 Å². The Labute approximate surface area is 114 Å². The molecule has 0 atom stereocenters. The molecule has 0 fully saturated rings. The lowest BCUT2D eigenvalue weighted by Gasteiger charge is -1.52. The van der Waals surface area contributed by atoms with Gasteiger partial charge in [-0.3, -0.25) is 4.70 Å². The Balaban J connectivity index is -0.0000000257. The summed E-state index contributed by atoms with van der Waals surface area (Å²) in [4.78, 5) is 0. The predicted octanol–water partition coefficient (Wildman–Crippen LogP) is 4.43. The highest BCUT2D eigenvalue weighted by Gasteiger charge is 1.44. The molecule has 0 amide bonds. The number of terminal acetylenes is 4. The number of hydrogen-bond acceptors (Lipinski definition) is 1. The van der Waals surface area contributed by atoms with Gasteiger partial charge in [-0.1, -0.05) is 27.7 Å². The maximum atomic E-state index is 4.78.